The summed E-state index contributed by atoms with van der Waals surface area (Å²) < 4.78 is 39.4. The van der Waals surface area contributed by atoms with Crippen molar-refractivity contribution in [3.05, 3.63) is 51.7 Å². The van der Waals surface area contributed by atoms with Gasteiger partial charge in [0, 0.05) is 17.1 Å². The van der Waals surface area contributed by atoms with E-state index in [9.17, 15) is 13.2 Å². The van der Waals surface area contributed by atoms with Crippen LogP contribution in [0.1, 0.15) is 21.3 Å². The van der Waals surface area contributed by atoms with Gasteiger partial charge in [0.1, 0.15) is 16.5 Å². The molecule has 0 saturated heterocycles. The van der Waals surface area contributed by atoms with Gasteiger partial charge in [0.05, 0.1) is 12.2 Å². The predicted octanol–water partition coefficient (Wildman–Crippen LogP) is 4.24. The van der Waals surface area contributed by atoms with E-state index in [2.05, 4.69) is 25.3 Å². The monoisotopic (exact) mass is 365 g/mol. The van der Waals surface area contributed by atoms with Crippen LogP contribution in [0.4, 0.5) is 19.0 Å². The van der Waals surface area contributed by atoms with E-state index in [1.807, 2.05) is 13.8 Å². The minimum atomic E-state index is -4.57. The van der Waals surface area contributed by atoms with Crippen molar-refractivity contribution in [2.75, 3.05) is 5.32 Å². The Morgan fingerprint density at radius 3 is 2.52 bits per heavy atom. The summed E-state index contributed by atoms with van der Waals surface area (Å²) in [6.45, 7) is 4.12. The van der Waals surface area contributed by atoms with Gasteiger partial charge in [0.25, 0.3) is 0 Å². The van der Waals surface area contributed by atoms with Crippen molar-refractivity contribution in [3.63, 3.8) is 0 Å². The van der Waals surface area contributed by atoms with E-state index in [0.29, 0.717) is 0 Å². The highest BCUT2D eigenvalue weighted by atomic mass is 32.1. The lowest BCUT2D eigenvalue weighted by Crippen LogP contribution is -2.12. The zero-order chi connectivity index (χ0) is 18.0. The summed E-state index contributed by atoms with van der Waals surface area (Å²) in [6, 6.07) is 5.79. The van der Waals surface area contributed by atoms with Gasteiger partial charge in [-0.15, -0.1) is 11.3 Å². The Bertz CT molecular complexity index is 858. The van der Waals surface area contributed by atoms with Crippen LogP contribution in [-0.4, -0.2) is 19.9 Å². The summed E-state index contributed by atoms with van der Waals surface area (Å²) in [5.74, 6) is -0.00194. The minimum absolute atomic E-state index is 0.0773. The molecule has 0 aliphatic rings. The third kappa shape index (κ3) is 4.11. The van der Waals surface area contributed by atoms with E-state index in [-0.39, 0.29) is 23.9 Å². The van der Waals surface area contributed by atoms with Gasteiger partial charge in [-0.2, -0.15) is 13.2 Å². The van der Waals surface area contributed by atoms with E-state index >= 15 is 0 Å². The maximum Gasteiger partial charge on any atom is 0.433 e. The van der Waals surface area contributed by atoms with Crippen LogP contribution >= 0.6 is 11.3 Å². The van der Waals surface area contributed by atoms with Gasteiger partial charge in [-0.25, -0.2) is 15.0 Å². The van der Waals surface area contributed by atoms with Crippen molar-refractivity contribution in [2.24, 2.45) is 0 Å². The first-order valence-electron chi connectivity index (χ1n) is 7.37. The number of anilines is 1. The second-order valence-electron chi connectivity index (χ2n) is 5.28. The molecule has 0 atom stereocenters. The second kappa shape index (κ2) is 6.75. The van der Waals surface area contributed by atoms with Crippen LogP contribution in [0.3, 0.4) is 0 Å². The summed E-state index contributed by atoms with van der Waals surface area (Å²) in [7, 11) is 0. The first-order chi connectivity index (χ1) is 11.8. The molecule has 0 spiro atoms. The molecule has 0 unspecified atom stereocenters. The summed E-state index contributed by atoms with van der Waals surface area (Å²) >= 11 is 1.49. The Kier molecular flexibility index (Phi) is 4.67. The minimum Gasteiger partial charge on any atom is -0.363 e. The summed E-state index contributed by atoms with van der Waals surface area (Å²) in [5.41, 5.74) is 0.171. The van der Waals surface area contributed by atoms with Crippen molar-refractivity contribution in [2.45, 2.75) is 26.6 Å². The molecule has 0 saturated carbocycles. The van der Waals surface area contributed by atoms with E-state index in [0.717, 1.165) is 21.6 Å². The standard InChI is InChI=1S/C16H14F3N5S/c1-9-10(2)25-14(22-9)8-21-13-7-12(16(17,18)19)23-15(24-13)11-5-3-4-6-20-11/h3-7H,8H2,1-2H3,(H,21,23,24). The topological polar surface area (TPSA) is 63.6 Å². The molecular weight excluding hydrogens is 351 g/mol. The SMILES string of the molecule is Cc1nc(CNc2cc(C(F)(F)F)nc(-c3ccccn3)n2)sc1C. The zero-order valence-corrected chi connectivity index (χ0v) is 14.2. The third-order valence-corrected chi connectivity index (χ3v) is 4.48. The van der Waals surface area contributed by atoms with Crippen LogP contribution in [0.5, 0.6) is 0 Å². The average molecular weight is 365 g/mol. The lowest BCUT2D eigenvalue weighted by atomic mass is 10.3. The van der Waals surface area contributed by atoms with Gasteiger partial charge in [0.15, 0.2) is 11.5 Å². The number of pyridine rings is 1. The molecule has 25 heavy (non-hydrogen) atoms. The lowest BCUT2D eigenvalue weighted by Gasteiger charge is -2.11. The normalized spacial score (nSPS) is 11.6. The zero-order valence-electron chi connectivity index (χ0n) is 13.4. The average Bonchev–Trinajstić information content (AvgIpc) is 2.91. The first kappa shape index (κ1) is 17.3. The number of nitrogens with zero attached hydrogens (tertiary/aromatic N) is 4. The molecule has 0 aromatic carbocycles. The Morgan fingerprint density at radius 1 is 1.12 bits per heavy atom. The molecular formula is C16H14F3N5S. The smallest absolute Gasteiger partial charge is 0.363 e. The maximum absolute atomic E-state index is 13.1. The number of nitrogens with one attached hydrogen (secondary N) is 1. The van der Waals surface area contributed by atoms with E-state index in [1.165, 1.54) is 17.5 Å². The van der Waals surface area contributed by atoms with Crippen LogP contribution in [0.15, 0.2) is 30.5 Å². The molecule has 0 amide bonds. The highest BCUT2D eigenvalue weighted by Crippen LogP contribution is 2.30. The lowest BCUT2D eigenvalue weighted by molar-refractivity contribution is -0.141. The Morgan fingerprint density at radius 2 is 1.92 bits per heavy atom. The molecule has 1 N–H and O–H groups in total. The quantitative estimate of drug-likeness (QED) is 0.749. The Labute approximate surface area is 146 Å². The van der Waals surface area contributed by atoms with Crippen LogP contribution < -0.4 is 5.32 Å². The molecule has 0 fully saturated rings. The number of rotatable bonds is 4. The Balaban J connectivity index is 1.92. The highest BCUT2D eigenvalue weighted by molar-refractivity contribution is 7.11. The molecule has 3 aromatic heterocycles. The van der Waals surface area contributed by atoms with Crippen molar-refractivity contribution >= 4 is 17.2 Å². The number of hydrogen-bond acceptors (Lipinski definition) is 6. The van der Waals surface area contributed by atoms with Gasteiger partial charge >= 0.3 is 6.18 Å². The van der Waals surface area contributed by atoms with Gasteiger partial charge in [-0.05, 0) is 26.0 Å². The maximum atomic E-state index is 13.1. The van der Waals surface area contributed by atoms with Gasteiger partial charge in [-0.1, -0.05) is 6.07 Å². The van der Waals surface area contributed by atoms with Crippen LogP contribution in [0, 0.1) is 13.8 Å². The largest absolute Gasteiger partial charge is 0.433 e. The van der Waals surface area contributed by atoms with E-state index in [4.69, 9.17) is 0 Å². The molecule has 130 valence electrons. The second-order valence-corrected chi connectivity index (χ2v) is 6.57. The van der Waals surface area contributed by atoms with Crippen LogP contribution in [0.2, 0.25) is 0 Å². The fourth-order valence-corrected chi connectivity index (χ4v) is 2.95. The first-order valence-corrected chi connectivity index (χ1v) is 8.19. The van der Waals surface area contributed by atoms with Crippen molar-refractivity contribution in [3.8, 4) is 11.5 Å². The molecule has 3 heterocycles. The molecule has 0 bridgehead atoms. The van der Waals surface area contributed by atoms with E-state index in [1.54, 1.807) is 18.2 Å². The highest BCUT2D eigenvalue weighted by Gasteiger charge is 2.34. The number of hydrogen-bond donors (Lipinski definition) is 1. The number of halogens is 3. The number of aryl methyl sites for hydroxylation is 2. The molecule has 3 rings (SSSR count). The fraction of sp³-hybridized carbons (Fsp3) is 0.250. The van der Waals surface area contributed by atoms with Crippen molar-refractivity contribution in [1.29, 1.82) is 0 Å². The fourth-order valence-electron chi connectivity index (χ4n) is 2.07. The summed E-state index contributed by atoms with van der Waals surface area (Å²) in [4.78, 5) is 17.2. The predicted molar refractivity (Wildman–Crippen MR) is 89.2 cm³/mol. The molecule has 5 nitrogen and oxygen atoms in total. The van der Waals surface area contributed by atoms with Crippen LogP contribution in [0.25, 0.3) is 11.5 Å². The molecule has 0 aliphatic carbocycles. The number of thiazole rings is 1. The molecule has 0 aliphatic heterocycles. The molecule has 3 aromatic rings. The molecule has 0 radical (unpaired) electrons. The Hall–Kier alpha value is -2.55. The van der Waals surface area contributed by atoms with Crippen LogP contribution in [-0.2, 0) is 12.7 Å². The van der Waals surface area contributed by atoms with Gasteiger partial charge < -0.3 is 5.32 Å². The summed E-state index contributed by atoms with van der Waals surface area (Å²) in [5, 5.41) is 3.67. The molecule has 9 heteroatoms. The summed E-state index contributed by atoms with van der Waals surface area (Å²) in [6.07, 6.45) is -3.09. The number of alkyl halides is 3. The van der Waals surface area contributed by atoms with Crippen molar-refractivity contribution in [1.82, 2.24) is 19.9 Å². The number of aromatic nitrogens is 4. The van der Waals surface area contributed by atoms with Gasteiger partial charge in [-0.3, -0.25) is 4.98 Å². The third-order valence-electron chi connectivity index (χ3n) is 3.40. The van der Waals surface area contributed by atoms with Crippen molar-refractivity contribution < 1.29 is 13.2 Å². The van der Waals surface area contributed by atoms with E-state index < -0.39 is 11.9 Å². The van der Waals surface area contributed by atoms with Gasteiger partial charge in [0.2, 0.25) is 0 Å².